The van der Waals surface area contributed by atoms with Crippen molar-refractivity contribution in [2.75, 3.05) is 12.4 Å². The summed E-state index contributed by atoms with van der Waals surface area (Å²) in [6.07, 6.45) is 6.75. The fourth-order valence-corrected chi connectivity index (χ4v) is 4.35. The molecule has 20 heavy (non-hydrogen) atoms. The van der Waals surface area contributed by atoms with E-state index in [1.807, 2.05) is 11.8 Å². The number of nitrogens with two attached hydrogens (primary N) is 1. The van der Waals surface area contributed by atoms with Gasteiger partial charge in [-0.3, -0.25) is 4.40 Å². The van der Waals surface area contributed by atoms with E-state index < -0.39 is 0 Å². The van der Waals surface area contributed by atoms with Crippen LogP contribution in [0.25, 0.3) is 4.96 Å². The van der Waals surface area contributed by atoms with Crippen LogP contribution in [0.15, 0.2) is 16.6 Å². The molecule has 2 atom stereocenters. The van der Waals surface area contributed by atoms with Crippen LogP contribution in [0.3, 0.4) is 0 Å². The predicted octanol–water partition coefficient (Wildman–Crippen LogP) is 2.95. The van der Waals surface area contributed by atoms with Crippen LogP contribution in [0.4, 0.5) is 0 Å². The van der Waals surface area contributed by atoms with Crippen LogP contribution in [-0.4, -0.2) is 33.9 Å². The predicted molar refractivity (Wildman–Crippen MR) is 84.7 cm³/mol. The summed E-state index contributed by atoms with van der Waals surface area (Å²) in [5, 5.41) is 3.22. The Labute approximate surface area is 127 Å². The van der Waals surface area contributed by atoms with Crippen molar-refractivity contribution < 1.29 is 4.74 Å². The van der Waals surface area contributed by atoms with Gasteiger partial charge in [-0.05, 0) is 19.3 Å². The quantitative estimate of drug-likeness (QED) is 0.833. The van der Waals surface area contributed by atoms with E-state index in [1.165, 1.54) is 18.5 Å². The van der Waals surface area contributed by atoms with Gasteiger partial charge in [-0.25, -0.2) is 4.98 Å². The Hall–Kier alpha value is -0.560. The minimum Gasteiger partial charge on any atom is -0.377 e. The number of fused-ring (bicyclic) bond motifs is 1. The van der Waals surface area contributed by atoms with Crippen molar-refractivity contribution >= 4 is 28.1 Å². The van der Waals surface area contributed by atoms with Crippen LogP contribution >= 0.6 is 23.1 Å². The van der Waals surface area contributed by atoms with E-state index in [2.05, 4.69) is 22.9 Å². The smallest absolute Gasteiger partial charge is 0.194 e. The van der Waals surface area contributed by atoms with Crippen molar-refractivity contribution in [2.24, 2.45) is 5.73 Å². The van der Waals surface area contributed by atoms with Crippen LogP contribution in [0, 0.1) is 0 Å². The number of nitrogens with zero attached hydrogens (tertiary/aromatic N) is 2. The second-order valence-corrected chi connectivity index (χ2v) is 7.12. The summed E-state index contributed by atoms with van der Waals surface area (Å²) in [6.45, 7) is 3.05. The van der Waals surface area contributed by atoms with Gasteiger partial charge in [0, 0.05) is 36.4 Å². The highest BCUT2D eigenvalue weighted by Crippen LogP contribution is 2.29. The van der Waals surface area contributed by atoms with Gasteiger partial charge in [0.05, 0.1) is 11.8 Å². The van der Waals surface area contributed by atoms with E-state index in [1.54, 1.807) is 11.3 Å². The molecule has 4 nitrogen and oxygen atoms in total. The number of hydrogen-bond donors (Lipinski definition) is 1. The Morgan fingerprint density at radius 1 is 1.65 bits per heavy atom. The monoisotopic (exact) mass is 311 g/mol. The third-order valence-electron chi connectivity index (χ3n) is 3.73. The molecule has 110 valence electrons. The molecule has 2 unspecified atom stereocenters. The molecule has 0 aromatic carbocycles. The largest absolute Gasteiger partial charge is 0.377 e. The lowest BCUT2D eigenvalue weighted by Gasteiger charge is -2.11. The van der Waals surface area contributed by atoms with E-state index >= 15 is 0 Å². The minimum absolute atomic E-state index is 0.205. The Morgan fingerprint density at radius 2 is 2.55 bits per heavy atom. The first kappa shape index (κ1) is 14.4. The number of aromatic nitrogens is 2. The van der Waals surface area contributed by atoms with E-state index in [9.17, 15) is 0 Å². The summed E-state index contributed by atoms with van der Waals surface area (Å²) in [4.78, 5) is 5.82. The average molecular weight is 311 g/mol. The molecule has 0 amide bonds. The van der Waals surface area contributed by atoms with Crippen molar-refractivity contribution in [1.82, 2.24) is 9.38 Å². The summed E-state index contributed by atoms with van der Waals surface area (Å²) in [7, 11) is 0. The molecule has 0 saturated carbocycles. The van der Waals surface area contributed by atoms with Crippen LogP contribution in [0.5, 0.6) is 0 Å². The first-order chi connectivity index (χ1) is 9.78. The van der Waals surface area contributed by atoms with Gasteiger partial charge in [-0.1, -0.05) is 6.92 Å². The highest BCUT2D eigenvalue weighted by Gasteiger charge is 2.20. The highest BCUT2D eigenvalue weighted by atomic mass is 32.2. The second kappa shape index (κ2) is 6.47. The number of imidazole rings is 1. The lowest BCUT2D eigenvalue weighted by atomic mass is 10.1. The lowest BCUT2D eigenvalue weighted by Crippen LogP contribution is -2.22. The third-order valence-corrected chi connectivity index (χ3v) is 5.63. The zero-order valence-electron chi connectivity index (χ0n) is 11.7. The summed E-state index contributed by atoms with van der Waals surface area (Å²) in [6, 6.07) is 0.205. The number of thiazole rings is 1. The van der Waals surface area contributed by atoms with Crippen molar-refractivity contribution in [1.29, 1.82) is 0 Å². The molecule has 2 N–H and O–H groups in total. The zero-order chi connectivity index (χ0) is 13.9. The fraction of sp³-hybridized carbons (Fsp3) is 0.643. The van der Waals surface area contributed by atoms with Gasteiger partial charge in [-0.2, -0.15) is 0 Å². The molecule has 2 aromatic heterocycles. The van der Waals surface area contributed by atoms with Crippen LogP contribution in [0.2, 0.25) is 0 Å². The first-order valence-electron chi connectivity index (χ1n) is 7.22. The van der Waals surface area contributed by atoms with Gasteiger partial charge in [0.1, 0.15) is 5.03 Å². The third kappa shape index (κ3) is 3.03. The molecule has 1 fully saturated rings. The minimum atomic E-state index is 0.205. The molecule has 3 heterocycles. The Balaban J connectivity index is 1.77. The van der Waals surface area contributed by atoms with Crippen molar-refractivity contribution in [3.8, 4) is 0 Å². The number of thioether (sulfide) groups is 1. The molecule has 0 aliphatic carbocycles. The second-order valence-electron chi connectivity index (χ2n) is 5.24. The summed E-state index contributed by atoms with van der Waals surface area (Å²) < 4.78 is 7.89. The maximum absolute atomic E-state index is 6.14. The van der Waals surface area contributed by atoms with Crippen LogP contribution in [-0.2, 0) is 11.2 Å². The molecule has 3 rings (SSSR count). The molecule has 1 aliphatic rings. The number of ether oxygens (including phenoxy) is 1. The van der Waals surface area contributed by atoms with Crippen LogP contribution < -0.4 is 5.73 Å². The molecule has 0 radical (unpaired) electrons. The van der Waals surface area contributed by atoms with Gasteiger partial charge < -0.3 is 10.5 Å². The van der Waals surface area contributed by atoms with E-state index in [-0.39, 0.29) is 6.04 Å². The molecule has 1 aliphatic heterocycles. The average Bonchev–Trinajstić information content (AvgIpc) is 3.14. The van der Waals surface area contributed by atoms with E-state index in [0.29, 0.717) is 6.10 Å². The molecule has 1 saturated heterocycles. The molecular weight excluding hydrogens is 290 g/mol. The maximum atomic E-state index is 6.14. The van der Waals surface area contributed by atoms with Crippen LogP contribution in [0.1, 0.15) is 31.9 Å². The maximum Gasteiger partial charge on any atom is 0.194 e. The fourth-order valence-electron chi connectivity index (χ4n) is 2.45. The highest BCUT2D eigenvalue weighted by molar-refractivity contribution is 7.99. The zero-order valence-corrected chi connectivity index (χ0v) is 13.4. The first-order valence-corrected chi connectivity index (χ1v) is 9.09. The van der Waals surface area contributed by atoms with Crippen molar-refractivity contribution in [3.63, 3.8) is 0 Å². The summed E-state index contributed by atoms with van der Waals surface area (Å²) in [5.41, 5.74) is 7.40. The van der Waals surface area contributed by atoms with E-state index in [0.717, 1.165) is 35.2 Å². The Morgan fingerprint density at radius 3 is 3.30 bits per heavy atom. The van der Waals surface area contributed by atoms with Gasteiger partial charge >= 0.3 is 0 Å². The number of hydrogen-bond acceptors (Lipinski definition) is 5. The SMILES string of the molecule is CCC(N)Cc1c(SCC2CCCO2)nc2sccn12. The van der Waals surface area contributed by atoms with Crippen molar-refractivity contribution in [2.45, 2.75) is 49.8 Å². The Kier molecular flexibility index (Phi) is 4.65. The van der Waals surface area contributed by atoms with Gasteiger partial charge in [0.25, 0.3) is 0 Å². The molecule has 0 spiro atoms. The topological polar surface area (TPSA) is 52.5 Å². The molecule has 2 aromatic rings. The summed E-state index contributed by atoms with van der Waals surface area (Å²) >= 11 is 3.50. The number of rotatable bonds is 6. The normalized spacial score (nSPS) is 20.8. The molecule has 0 bridgehead atoms. The Bertz CT molecular complexity index is 560. The van der Waals surface area contributed by atoms with E-state index in [4.69, 9.17) is 15.5 Å². The standard InChI is InChI=1S/C14H21N3OS2/c1-2-10(15)8-12-13(16-14-17(12)5-7-19-14)20-9-11-4-3-6-18-11/h5,7,10-11H,2-4,6,8-9,15H2,1H3. The lowest BCUT2D eigenvalue weighted by molar-refractivity contribution is 0.129. The van der Waals surface area contributed by atoms with Crippen molar-refractivity contribution in [3.05, 3.63) is 17.3 Å². The summed E-state index contributed by atoms with van der Waals surface area (Å²) in [5.74, 6) is 0.999. The molecule has 6 heteroatoms. The van der Waals surface area contributed by atoms with Gasteiger partial charge in [0.15, 0.2) is 4.96 Å². The van der Waals surface area contributed by atoms with Gasteiger partial charge in [-0.15, -0.1) is 23.1 Å². The molecular formula is C14H21N3OS2. The van der Waals surface area contributed by atoms with Gasteiger partial charge in [0.2, 0.25) is 0 Å².